The summed E-state index contributed by atoms with van der Waals surface area (Å²) in [4.78, 5) is 10.8. The highest BCUT2D eigenvalue weighted by atomic mass is 32.2. The molecule has 24 heavy (non-hydrogen) atoms. The first-order chi connectivity index (χ1) is 11.1. The van der Waals surface area contributed by atoms with Crippen molar-refractivity contribution in [2.45, 2.75) is 43.3 Å². The molecule has 0 aliphatic carbocycles. The van der Waals surface area contributed by atoms with Crippen LogP contribution >= 0.6 is 0 Å². The number of carbonyl (C=O) groups excluding carboxylic acids is 1. The van der Waals surface area contributed by atoms with Crippen LogP contribution in [-0.2, 0) is 14.8 Å². The van der Waals surface area contributed by atoms with Crippen molar-refractivity contribution in [1.29, 1.82) is 0 Å². The quantitative estimate of drug-likeness (QED) is 0.602. The molecule has 0 saturated heterocycles. The fourth-order valence-corrected chi connectivity index (χ4v) is 2.73. The maximum absolute atomic E-state index is 11.7. The molecule has 0 heterocycles. The third kappa shape index (κ3) is 6.73. The molecule has 9 heteroatoms. The molecule has 0 unspecified atom stereocenters. The molecule has 0 fully saturated rings. The number of rotatable bonds is 9. The van der Waals surface area contributed by atoms with Crippen LogP contribution in [0.15, 0.2) is 29.2 Å². The molecule has 4 N–H and O–H groups in total. The van der Waals surface area contributed by atoms with Crippen LogP contribution in [0.3, 0.4) is 0 Å². The van der Waals surface area contributed by atoms with Crippen molar-refractivity contribution in [3.8, 4) is 5.75 Å². The Balaban J connectivity index is 2.55. The van der Waals surface area contributed by atoms with Gasteiger partial charge in [0.2, 0.25) is 10.0 Å². The van der Waals surface area contributed by atoms with Crippen LogP contribution in [0.2, 0.25) is 0 Å². The minimum Gasteiger partial charge on any atom is -0.491 e. The smallest absolute Gasteiger partial charge is 0.405 e. The van der Waals surface area contributed by atoms with Crippen LogP contribution in [0.5, 0.6) is 5.75 Å². The van der Waals surface area contributed by atoms with Gasteiger partial charge in [0.05, 0.1) is 11.0 Å². The fraction of sp³-hybridized carbons (Fsp3) is 0.533. The van der Waals surface area contributed by atoms with Crippen LogP contribution in [0, 0.1) is 0 Å². The van der Waals surface area contributed by atoms with Crippen molar-refractivity contribution in [2.75, 3.05) is 13.7 Å². The molecule has 1 amide bonds. The summed E-state index contributed by atoms with van der Waals surface area (Å²) >= 11 is 0. The van der Waals surface area contributed by atoms with Crippen molar-refractivity contribution in [2.24, 2.45) is 5.73 Å². The molecular formula is C15H24N2O6S. The normalized spacial score (nSPS) is 13.3. The van der Waals surface area contributed by atoms with E-state index >= 15 is 0 Å². The molecule has 0 spiro atoms. The zero-order valence-electron chi connectivity index (χ0n) is 14.0. The topological polar surface area (TPSA) is 128 Å². The van der Waals surface area contributed by atoms with Crippen molar-refractivity contribution in [3.63, 3.8) is 0 Å². The average Bonchev–Trinajstić information content (AvgIpc) is 2.50. The molecule has 0 aromatic heterocycles. The Morgan fingerprint density at radius 1 is 1.42 bits per heavy atom. The van der Waals surface area contributed by atoms with Gasteiger partial charge >= 0.3 is 6.09 Å². The number of aliphatic hydroxyl groups is 1. The van der Waals surface area contributed by atoms with E-state index in [-0.39, 0.29) is 11.5 Å². The van der Waals surface area contributed by atoms with E-state index in [9.17, 15) is 18.3 Å². The van der Waals surface area contributed by atoms with Crippen molar-refractivity contribution in [1.82, 2.24) is 4.72 Å². The van der Waals surface area contributed by atoms with Gasteiger partial charge in [0, 0.05) is 6.07 Å². The number of ether oxygens (including phenoxy) is 2. The predicted molar refractivity (Wildman–Crippen MR) is 88.2 cm³/mol. The molecule has 1 rings (SSSR count). The van der Waals surface area contributed by atoms with Gasteiger partial charge in [-0.3, -0.25) is 0 Å². The Morgan fingerprint density at radius 2 is 2.08 bits per heavy atom. The van der Waals surface area contributed by atoms with E-state index in [1.807, 2.05) is 0 Å². The second kappa shape index (κ2) is 8.32. The maximum atomic E-state index is 11.7. The summed E-state index contributed by atoms with van der Waals surface area (Å²) in [7, 11) is -2.23. The molecule has 0 saturated carbocycles. The first kappa shape index (κ1) is 20.2. The predicted octanol–water partition coefficient (Wildman–Crippen LogP) is 0.988. The molecule has 0 bridgehead atoms. The Morgan fingerprint density at radius 3 is 2.67 bits per heavy atom. The van der Waals surface area contributed by atoms with Gasteiger partial charge in [0.15, 0.2) is 0 Å². The highest BCUT2D eigenvalue weighted by Gasteiger charge is 2.23. The number of benzene rings is 1. The maximum Gasteiger partial charge on any atom is 0.405 e. The number of hydrogen-bond donors (Lipinski definition) is 3. The van der Waals surface area contributed by atoms with Gasteiger partial charge in [-0.05, 0) is 45.9 Å². The summed E-state index contributed by atoms with van der Waals surface area (Å²) in [6, 6.07) is 5.97. The molecule has 1 aromatic rings. The highest BCUT2D eigenvalue weighted by molar-refractivity contribution is 7.89. The molecule has 0 radical (unpaired) electrons. The van der Waals surface area contributed by atoms with Crippen LogP contribution in [-0.4, -0.2) is 45.0 Å². The van der Waals surface area contributed by atoms with Gasteiger partial charge in [-0.15, -0.1) is 0 Å². The lowest BCUT2D eigenvalue weighted by Crippen LogP contribution is -2.32. The van der Waals surface area contributed by atoms with Crippen LogP contribution in [0.25, 0.3) is 0 Å². The standard InChI is InChI=1S/C15H24N2O6S/c1-15(2,23-14(16)19)8-7-11(18)10-22-12-5-4-6-13(9-12)24(20,21)17-3/h4-6,9,11,17-18H,7-8,10H2,1-3H3,(H2,16,19)/t11-/m0/s1. The molecule has 136 valence electrons. The van der Waals surface area contributed by atoms with Gasteiger partial charge in [0.1, 0.15) is 18.0 Å². The lowest BCUT2D eigenvalue weighted by Gasteiger charge is -2.25. The second-order valence-electron chi connectivity index (χ2n) is 5.87. The van der Waals surface area contributed by atoms with Gasteiger partial charge in [-0.1, -0.05) is 6.07 Å². The number of carbonyl (C=O) groups is 1. The zero-order valence-corrected chi connectivity index (χ0v) is 14.8. The Labute approximate surface area is 142 Å². The number of primary amides is 1. The minimum atomic E-state index is -3.55. The first-order valence-electron chi connectivity index (χ1n) is 7.39. The average molecular weight is 360 g/mol. The summed E-state index contributed by atoms with van der Waals surface area (Å²) < 4.78 is 36.0. The van der Waals surface area contributed by atoms with Gasteiger partial charge in [0.25, 0.3) is 0 Å². The zero-order chi connectivity index (χ0) is 18.4. The van der Waals surface area contributed by atoms with Gasteiger partial charge in [-0.25, -0.2) is 17.9 Å². The summed E-state index contributed by atoms with van der Waals surface area (Å²) in [5.41, 5.74) is 4.19. The van der Waals surface area contributed by atoms with Crippen molar-refractivity contribution >= 4 is 16.1 Å². The number of hydrogen-bond acceptors (Lipinski definition) is 6. The van der Waals surface area contributed by atoms with Crippen LogP contribution in [0.4, 0.5) is 4.79 Å². The van der Waals surface area contributed by atoms with E-state index in [1.54, 1.807) is 26.0 Å². The van der Waals surface area contributed by atoms with Gasteiger partial charge < -0.3 is 20.3 Å². The van der Waals surface area contributed by atoms with Crippen molar-refractivity contribution in [3.05, 3.63) is 24.3 Å². The van der Waals surface area contributed by atoms with Gasteiger partial charge in [-0.2, -0.15) is 0 Å². The Kier molecular flexibility index (Phi) is 7.00. The van der Waals surface area contributed by atoms with Crippen LogP contribution in [0.1, 0.15) is 26.7 Å². The lowest BCUT2D eigenvalue weighted by atomic mass is 10.0. The number of sulfonamides is 1. The van der Waals surface area contributed by atoms with E-state index in [4.69, 9.17) is 15.2 Å². The largest absolute Gasteiger partial charge is 0.491 e. The number of nitrogens with two attached hydrogens (primary N) is 1. The fourth-order valence-electron chi connectivity index (χ4n) is 1.96. The first-order valence-corrected chi connectivity index (χ1v) is 8.87. The van der Waals surface area contributed by atoms with Crippen molar-refractivity contribution < 1.29 is 27.8 Å². The summed E-state index contributed by atoms with van der Waals surface area (Å²) in [6.45, 7) is 3.37. The second-order valence-corrected chi connectivity index (χ2v) is 7.75. The Bertz CT molecular complexity index is 660. The molecule has 0 aliphatic rings. The lowest BCUT2D eigenvalue weighted by molar-refractivity contribution is 0.0190. The number of aliphatic hydroxyl groups excluding tert-OH is 1. The van der Waals surface area contributed by atoms with E-state index < -0.39 is 27.8 Å². The summed E-state index contributed by atoms with van der Waals surface area (Å²) in [5, 5.41) is 9.96. The molecule has 8 nitrogen and oxygen atoms in total. The third-order valence-corrected chi connectivity index (χ3v) is 4.70. The monoisotopic (exact) mass is 360 g/mol. The minimum absolute atomic E-state index is 0.0181. The molecular weight excluding hydrogens is 336 g/mol. The van der Waals surface area contributed by atoms with E-state index in [2.05, 4.69) is 4.72 Å². The highest BCUT2D eigenvalue weighted by Crippen LogP contribution is 2.20. The van der Waals surface area contributed by atoms with E-state index in [1.165, 1.54) is 19.2 Å². The number of amides is 1. The molecule has 0 aliphatic heterocycles. The number of nitrogens with one attached hydrogen (secondary N) is 1. The summed E-state index contributed by atoms with van der Waals surface area (Å²) in [5.74, 6) is 0.332. The molecule has 1 aromatic carbocycles. The van der Waals surface area contributed by atoms with Crippen LogP contribution < -0.4 is 15.2 Å². The van der Waals surface area contributed by atoms with E-state index in [0.29, 0.717) is 18.6 Å². The van der Waals surface area contributed by atoms with E-state index in [0.717, 1.165) is 0 Å². The SMILES string of the molecule is CNS(=O)(=O)c1cccc(OC[C@@H](O)CCC(C)(C)OC(N)=O)c1. The molecule has 1 atom stereocenters. The third-order valence-electron chi connectivity index (χ3n) is 3.28. The Hall–Kier alpha value is -1.84. The summed E-state index contributed by atoms with van der Waals surface area (Å²) in [6.07, 6.45) is -0.942.